The molecule has 0 spiro atoms. The van der Waals surface area contributed by atoms with E-state index in [1.54, 1.807) is 0 Å². The van der Waals surface area contributed by atoms with E-state index in [0.717, 1.165) is 32.7 Å². The van der Waals surface area contributed by atoms with Crippen molar-refractivity contribution in [3.63, 3.8) is 0 Å². The van der Waals surface area contributed by atoms with Crippen LogP contribution >= 0.6 is 0 Å². The Hall–Kier alpha value is -3.13. The van der Waals surface area contributed by atoms with Gasteiger partial charge in [-0.25, -0.2) is 4.79 Å². The molecule has 0 N–H and O–H groups in total. The molecule has 0 heterocycles. The van der Waals surface area contributed by atoms with Gasteiger partial charge in [0.2, 0.25) is 0 Å². The first kappa shape index (κ1) is 16.3. The Morgan fingerprint density at radius 2 is 1.50 bits per heavy atom. The molecular formula is C24H20O2. The number of esters is 1. The van der Waals surface area contributed by atoms with E-state index in [1.807, 2.05) is 55.5 Å². The summed E-state index contributed by atoms with van der Waals surface area (Å²) >= 11 is 0. The highest BCUT2D eigenvalue weighted by Gasteiger charge is 2.21. The average molecular weight is 340 g/mol. The molecule has 4 rings (SSSR count). The Kier molecular flexibility index (Phi) is 4.18. The molecule has 0 aromatic heterocycles. The van der Waals surface area contributed by atoms with Crippen molar-refractivity contribution in [3.05, 3.63) is 83.9 Å². The Morgan fingerprint density at radius 3 is 2.23 bits per heavy atom. The molecule has 0 radical (unpaired) electrons. The number of carbonyl (C=O) groups is 1. The maximum Gasteiger partial charge on any atom is 0.339 e. The van der Waals surface area contributed by atoms with Crippen LogP contribution in [-0.4, -0.2) is 12.6 Å². The van der Waals surface area contributed by atoms with E-state index in [0.29, 0.717) is 12.2 Å². The molecule has 0 aliphatic heterocycles. The van der Waals surface area contributed by atoms with Crippen molar-refractivity contribution in [1.82, 2.24) is 0 Å². The van der Waals surface area contributed by atoms with Crippen LogP contribution in [0.2, 0.25) is 0 Å². The topological polar surface area (TPSA) is 26.3 Å². The highest BCUT2D eigenvalue weighted by molar-refractivity contribution is 6.23. The van der Waals surface area contributed by atoms with E-state index in [2.05, 4.69) is 31.2 Å². The summed E-state index contributed by atoms with van der Waals surface area (Å²) in [4.78, 5) is 12.9. The van der Waals surface area contributed by atoms with Gasteiger partial charge >= 0.3 is 5.97 Å². The van der Waals surface area contributed by atoms with Crippen molar-refractivity contribution in [1.29, 1.82) is 0 Å². The van der Waals surface area contributed by atoms with E-state index in [4.69, 9.17) is 4.74 Å². The van der Waals surface area contributed by atoms with Gasteiger partial charge in [0, 0.05) is 5.56 Å². The molecule has 0 saturated carbocycles. The van der Waals surface area contributed by atoms with Gasteiger partial charge in [-0.05, 0) is 41.0 Å². The first-order chi connectivity index (χ1) is 12.7. The van der Waals surface area contributed by atoms with Gasteiger partial charge in [-0.3, -0.25) is 0 Å². The van der Waals surface area contributed by atoms with Gasteiger partial charge in [0.15, 0.2) is 0 Å². The number of hydrogen-bond donors (Lipinski definition) is 0. The van der Waals surface area contributed by atoms with Crippen LogP contribution in [-0.2, 0) is 4.74 Å². The summed E-state index contributed by atoms with van der Waals surface area (Å²) in [7, 11) is 0. The molecule has 0 aliphatic rings. The first-order valence-corrected chi connectivity index (χ1v) is 8.88. The quantitative estimate of drug-likeness (QED) is 0.330. The van der Waals surface area contributed by atoms with Crippen molar-refractivity contribution in [2.45, 2.75) is 13.8 Å². The standard InChI is InChI=1S/C24H20O2/c1-3-26-24(25)23-19-12-8-7-11-18(19)21-15-16(2)13-14-20(21)22(23)17-9-5-4-6-10-17/h4-15H,3H2,1-2H3. The lowest BCUT2D eigenvalue weighted by molar-refractivity contribution is 0.0529. The maximum atomic E-state index is 12.9. The predicted molar refractivity (Wildman–Crippen MR) is 108 cm³/mol. The van der Waals surface area contributed by atoms with Crippen LogP contribution in [0.15, 0.2) is 72.8 Å². The summed E-state index contributed by atoms with van der Waals surface area (Å²) in [6.45, 7) is 4.29. The van der Waals surface area contributed by atoms with Crippen LogP contribution in [0.3, 0.4) is 0 Å². The molecule has 0 bridgehead atoms. The molecule has 0 fully saturated rings. The van der Waals surface area contributed by atoms with Gasteiger partial charge < -0.3 is 4.74 Å². The van der Waals surface area contributed by atoms with E-state index < -0.39 is 0 Å². The molecule has 2 heteroatoms. The van der Waals surface area contributed by atoms with E-state index in [-0.39, 0.29) is 5.97 Å². The minimum atomic E-state index is -0.273. The van der Waals surface area contributed by atoms with Crippen LogP contribution in [0.1, 0.15) is 22.8 Å². The van der Waals surface area contributed by atoms with Gasteiger partial charge in [0.1, 0.15) is 0 Å². The monoisotopic (exact) mass is 340 g/mol. The van der Waals surface area contributed by atoms with Gasteiger partial charge in [0.05, 0.1) is 12.2 Å². The molecule has 4 aromatic carbocycles. The molecule has 0 atom stereocenters. The Bertz CT molecular complexity index is 1110. The highest BCUT2D eigenvalue weighted by atomic mass is 16.5. The maximum absolute atomic E-state index is 12.9. The normalized spacial score (nSPS) is 11.0. The van der Waals surface area contributed by atoms with Gasteiger partial charge in [-0.15, -0.1) is 0 Å². The third-order valence-corrected chi connectivity index (χ3v) is 4.72. The Morgan fingerprint density at radius 1 is 0.808 bits per heavy atom. The number of rotatable bonds is 3. The smallest absolute Gasteiger partial charge is 0.339 e. The Balaban J connectivity index is 2.23. The SMILES string of the molecule is CCOC(=O)c1c(-c2ccccc2)c2ccc(C)cc2c2ccccc12. The first-order valence-electron chi connectivity index (χ1n) is 8.88. The summed E-state index contributed by atoms with van der Waals surface area (Å²) in [6.07, 6.45) is 0. The van der Waals surface area contributed by atoms with Crippen LogP contribution in [0.25, 0.3) is 32.7 Å². The number of benzene rings is 4. The molecule has 4 aromatic rings. The number of hydrogen-bond acceptors (Lipinski definition) is 2. The summed E-state index contributed by atoms with van der Waals surface area (Å²) in [6, 6.07) is 24.6. The molecule has 26 heavy (non-hydrogen) atoms. The minimum absolute atomic E-state index is 0.273. The fourth-order valence-corrected chi connectivity index (χ4v) is 3.62. The highest BCUT2D eigenvalue weighted by Crippen LogP contribution is 2.39. The fraction of sp³-hybridized carbons (Fsp3) is 0.125. The lowest BCUT2D eigenvalue weighted by Crippen LogP contribution is -2.08. The number of ether oxygens (including phenoxy) is 1. The fourth-order valence-electron chi connectivity index (χ4n) is 3.62. The van der Waals surface area contributed by atoms with Crippen LogP contribution in [0, 0.1) is 6.92 Å². The molecule has 2 nitrogen and oxygen atoms in total. The van der Waals surface area contributed by atoms with Crippen molar-refractivity contribution in [2.75, 3.05) is 6.61 Å². The van der Waals surface area contributed by atoms with Crippen molar-refractivity contribution < 1.29 is 9.53 Å². The van der Waals surface area contributed by atoms with Gasteiger partial charge in [-0.1, -0.05) is 78.4 Å². The zero-order valence-corrected chi connectivity index (χ0v) is 15.0. The van der Waals surface area contributed by atoms with Crippen LogP contribution < -0.4 is 0 Å². The van der Waals surface area contributed by atoms with Crippen LogP contribution in [0.5, 0.6) is 0 Å². The summed E-state index contributed by atoms with van der Waals surface area (Å²) < 4.78 is 5.43. The third kappa shape index (κ3) is 2.64. The third-order valence-electron chi connectivity index (χ3n) is 4.72. The predicted octanol–water partition coefficient (Wildman–Crippen LogP) is 6.15. The number of carbonyl (C=O) groups excluding carboxylic acids is 1. The number of fused-ring (bicyclic) bond motifs is 3. The van der Waals surface area contributed by atoms with Crippen molar-refractivity contribution in [3.8, 4) is 11.1 Å². The lowest BCUT2D eigenvalue weighted by atomic mass is 9.87. The second-order valence-electron chi connectivity index (χ2n) is 6.43. The van der Waals surface area contributed by atoms with Crippen LogP contribution in [0.4, 0.5) is 0 Å². The summed E-state index contributed by atoms with van der Waals surface area (Å²) in [5.41, 5.74) is 3.81. The Labute approximate surface area is 153 Å². The van der Waals surface area contributed by atoms with Crippen molar-refractivity contribution in [2.24, 2.45) is 0 Å². The molecule has 0 unspecified atom stereocenters. The second-order valence-corrected chi connectivity index (χ2v) is 6.43. The lowest BCUT2D eigenvalue weighted by Gasteiger charge is -2.17. The summed E-state index contributed by atoms with van der Waals surface area (Å²) in [5, 5.41) is 4.24. The molecule has 0 aliphatic carbocycles. The van der Waals surface area contributed by atoms with Gasteiger partial charge in [-0.2, -0.15) is 0 Å². The molecule has 0 amide bonds. The van der Waals surface area contributed by atoms with E-state index in [1.165, 1.54) is 5.56 Å². The van der Waals surface area contributed by atoms with Crippen molar-refractivity contribution >= 4 is 27.5 Å². The van der Waals surface area contributed by atoms with Gasteiger partial charge in [0.25, 0.3) is 0 Å². The average Bonchev–Trinajstić information content (AvgIpc) is 2.67. The van der Waals surface area contributed by atoms with E-state index >= 15 is 0 Å². The molecule has 0 saturated heterocycles. The zero-order valence-electron chi connectivity index (χ0n) is 15.0. The molecule has 128 valence electrons. The largest absolute Gasteiger partial charge is 0.462 e. The number of aryl methyl sites for hydroxylation is 1. The second kappa shape index (κ2) is 6.64. The molecular weight excluding hydrogens is 320 g/mol. The summed E-state index contributed by atoms with van der Waals surface area (Å²) in [5.74, 6) is -0.273. The minimum Gasteiger partial charge on any atom is -0.462 e. The van der Waals surface area contributed by atoms with E-state index in [9.17, 15) is 4.79 Å². The zero-order chi connectivity index (χ0) is 18.1.